The molecule has 0 spiro atoms. The molecule has 2 N–H and O–H groups in total. The van der Waals surface area contributed by atoms with Crippen molar-refractivity contribution in [3.05, 3.63) is 48.5 Å². The van der Waals surface area contributed by atoms with E-state index in [1.807, 2.05) is 30.3 Å². The van der Waals surface area contributed by atoms with Gasteiger partial charge in [0.2, 0.25) is 5.91 Å². The van der Waals surface area contributed by atoms with Gasteiger partial charge in [-0.25, -0.2) is 4.79 Å². The Labute approximate surface area is 151 Å². The lowest BCUT2D eigenvalue weighted by Crippen LogP contribution is -2.43. The first kappa shape index (κ1) is 17.6. The third-order valence-corrected chi connectivity index (χ3v) is 4.19. The maximum Gasteiger partial charge on any atom is 0.319 e. The Morgan fingerprint density at radius 1 is 1.08 bits per heavy atom. The van der Waals surface area contributed by atoms with E-state index in [-0.39, 0.29) is 5.91 Å². The Morgan fingerprint density at radius 2 is 1.73 bits per heavy atom. The van der Waals surface area contributed by atoms with Crippen molar-refractivity contribution in [2.45, 2.75) is 12.5 Å². The number of nitrogens with one attached hydrogen (secondary N) is 2. The Morgan fingerprint density at radius 3 is 2.35 bits per heavy atom. The van der Waals surface area contributed by atoms with Gasteiger partial charge < -0.3 is 25.0 Å². The molecule has 3 amide bonds. The molecule has 2 aromatic carbocycles. The molecule has 1 saturated heterocycles. The Kier molecular flexibility index (Phi) is 5.26. The fourth-order valence-electron chi connectivity index (χ4n) is 2.88. The van der Waals surface area contributed by atoms with Crippen LogP contribution in [0.4, 0.5) is 16.2 Å². The molecule has 1 aliphatic rings. The summed E-state index contributed by atoms with van der Waals surface area (Å²) in [5.74, 6) is 1.01. The lowest BCUT2D eigenvalue weighted by Gasteiger charge is -2.17. The summed E-state index contributed by atoms with van der Waals surface area (Å²) in [6.07, 6.45) is 0.558. The van der Waals surface area contributed by atoms with Crippen LogP contribution in [0.3, 0.4) is 0 Å². The number of nitrogens with zero attached hydrogens (tertiary/aromatic N) is 1. The van der Waals surface area contributed by atoms with Crippen LogP contribution in [0.5, 0.6) is 11.5 Å². The normalized spacial score (nSPS) is 16.3. The van der Waals surface area contributed by atoms with Crippen LogP contribution in [-0.4, -0.2) is 38.7 Å². The van der Waals surface area contributed by atoms with Gasteiger partial charge in [0.25, 0.3) is 0 Å². The van der Waals surface area contributed by atoms with E-state index in [2.05, 4.69) is 10.6 Å². The van der Waals surface area contributed by atoms with Gasteiger partial charge in [-0.15, -0.1) is 0 Å². The summed E-state index contributed by atoms with van der Waals surface area (Å²) in [5, 5.41) is 5.44. The molecule has 0 aliphatic carbocycles. The van der Waals surface area contributed by atoms with Crippen LogP contribution >= 0.6 is 0 Å². The fourth-order valence-corrected chi connectivity index (χ4v) is 2.88. The van der Waals surface area contributed by atoms with Gasteiger partial charge >= 0.3 is 6.03 Å². The van der Waals surface area contributed by atoms with Gasteiger partial charge in [0.15, 0.2) is 0 Å². The summed E-state index contributed by atoms with van der Waals surface area (Å²) < 4.78 is 10.4. The monoisotopic (exact) mass is 355 g/mol. The van der Waals surface area contributed by atoms with E-state index in [0.717, 1.165) is 5.69 Å². The maximum absolute atomic E-state index is 12.5. The van der Waals surface area contributed by atoms with Gasteiger partial charge in [0.1, 0.15) is 17.5 Å². The third-order valence-electron chi connectivity index (χ3n) is 4.19. The molecule has 0 saturated carbocycles. The first-order valence-electron chi connectivity index (χ1n) is 8.27. The molecule has 136 valence electrons. The minimum absolute atomic E-state index is 0.116. The number of anilines is 2. The van der Waals surface area contributed by atoms with Crippen molar-refractivity contribution in [1.82, 2.24) is 5.32 Å². The summed E-state index contributed by atoms with van der Waals surface area (Å²) in [5.41, 5.74) is 1.35. The Hall–Kier alpha value is -3.22. The second-order valence-corrected chi connectivity index (χ2v) is 5.87. The zero-order chi connectivity index (χ0) is 18.5. The first-order valence-corrected chi connectivity index (χ1v) is 8.27. The highest BCUT2D eigenvalue weighted by molar-refractivity contribution is 6.02. The lowest BCUT2D eigenvalue weighted by molar-refractivity contribution is -0.118. The van der Waals surface area contributed by atoms with Crippen LogP contribution < -0.4 is 25.0 Å². The number of urea groups is 1. The van der Waals surface area contributed by atoms with E-state index in [1.54, 1.807) is 23.1 Å². The van der Waals surface area contributed by atoms with Crippen molar-refractivity contribution in [2.24, 2.45) is 0 Å². The van der Waals surface area contributed by atoms with E-state index in [4.69, 9.17) is 9.47 Å². The average Bonchev–Trinajstić information content (AvgIpc) is 3.02. The van der Waals surface area contributed by atoms with Crippen molar-refractivity contribution in [2.75, 3.05) is 31.0 Å². The molecule has 3 rings (SSSR count). The number of amides is 3. The van der Waals surface area contributed by atoms with E-state index in [9.17, 15) is 9.59 Å². The van der Waals surface area contributed by atoms with E-state index >= 15 is 0 Å². The van der Waals surface area contributed by atoms with Crippen molar-refractivity contribution in [3.63, 3.8) is 0 Å². The second-order valence-electron chi connectivity index (χ2n) is 5.87. The summed E-state index contributed by atoms with van der Waals surface area (Å²) in [6.45, 7) is 0.570. The molecule has 0 bridgehead atoms. The molecule has 1 unspecified atom stereocenters. The maximum atomic E-state index is 12.5. The van der Waals surface area contributed by atoms with Gasteiger partial charge in [-0.3, -0.25) is 4.79 Å². The molecule has 7 nitrogen and oxygen atoms in total. The van der Waals surface area contributed by atoms with Crippen molar-refractivity contribution in [1.29, 1.82) is 0 Å². The van der Waals surface area contributed by atoms with Crippen molar-refractivity contribution >= 4 is 23.3 Å². The number of hydrogen-bond acceptors (Lipinski definition) is 4. The van der Waals surface area contributed by atoms with Crippen LogP contribution in [0.15, 0.2) is 48.5 Å². The first-order chi connectivity index (χ1) is 12.6. The van der Waals surface area contributed by atoms with Gasteiger partial charge in [0, 0.05) is 36.1 Å². The SMILES string of the molecule is COc1cc(NC(=O)NC2CCN(c3ccccc3)C2=O)cc(OC)c1. The molecule has 0 aromatic heterocycles. The molecular formula is C19H21N3O4. The summed E-state index contributed by atoms with van der Waals surface area (Å²) in [6, 6.07) is 13.5. The molecule has 2 aromatic rings. The van der Waals surface area contributed by atoms with E-state index in [0.29, 0.717) is 30.2 Å². The number of para-hydroxylation sites is 1. The van der Waals surface area contributed by atoms with Crippen LogP contribution in [0, 0.1) is 0 Å². The predicted octanol–water partition coefficient (Wildman–Crippen LogP) is 2.63. The largest absolute Gasteiger partial charge is 0.497 e. The van der Waals surface area contributed by atoms with Gasteiger partial charge in [-0.05, 0) is 18.6 Å². The summed E-state index contributed by atoms with van der Waals surface area (Å²) in [4.78, 5) is 26.5. The fraction of sp³-hybridized carbons (Fsp3) is 0.263. The van der Waals surface area contributed by atoms with Gasteiger partial charge in [-0.2, -0.15) is 0 Å². The minimum atomic E-state index is -0.553. The zero-order valence-electron chi connectivity index (χ0n) is 14.7. The quantitative estimate of drug-likeness (QED) is 0.864. The topological polar surface area (TPSA) is 79.9 Å². The van der Waals surface area contributed by atoms with Crippen LogP contribution in [0.25, 0.3) is 0 Å². The van der Waals surface area contributed by atoms with Crippen molar-refractivity contribution < 1.29 is 19.1 Å². The predicted molar refractivity (Wildman–Crippen MR) is 98.9 cm³/mol. The number of ether oxygens (including phenoxy) is 2. The van der Waals surface area contributed by atoms with Crippen LogP contribution in [-0.2, 0) is 4.79 Å². The number of hydrogen-bond donors (Lipinski definition) is 2. The zero-order valence-corrected chi connectivity index (χ0v) is 14.7. The number of benzene rings is 2. The lowest BCUT2D eigenvalue weighted by atomic mass is 10.2. The standard InChI is InChI=1S/C19H21N3O4/c1-25-15-10-13(11-16(12-15)26-2)20-19(24)21-17-8-9-22(18(17)23)14-6-4-3-5-7-14/h3-7,10-12,17H,8-9H2,1-2H3,(H2,20,21,24). The van der Waals surface area contributed by atoms with Gasteiger partial charge in [-0.1, -0.05) is 18.2 Å². The third kappa shape index (κ3) is 3.88. The minimum Gasteiger partial charge on any atom is -0.497 e. The molecule has 1 heterocycles. The van der Waals surface area contributed by atoms with Crippen molar-refractivity contribution in [3.8, 4) is 11.5 Å². The smallest absolute Gasteiger partial charge is 0.319 e. The van der Waals surface area contributed by atoms with Crippen LogP contribution in [0.1, 0.15) is 6.42 Å². The van der Waals surface area contributed by atoms with Gasteiger partial charge in [0.05, 0.1) is 14.2 Å². The molecule has 0 radical (unpaired) electrons. The number of carbonyl (C=O) groups is 2. The van der Waals surface area contributed by atoms with Crippen LogP contribution in [0.2, 0.25) is 0 Å². The molecule has 1 fully saturated rings. The Bertz CT molecular complexity index is 772. The highest BCUT2D eigenvalue weighted by Crippen LogP contribution is 2.26. The molecule has 26 heavy (non-hydrogen) atoms. The number of methoxy groups -OCH3 is 2. The van der Waals surface area contributed by atoms with E-state index in [1.165, 1.54) is 14.2 Å². The average molecular weight is 355 g/mol. The highest BCUT2D eigenvalue weighted by atomic mass is 16.5. The number of carbonyl (C=O) groups excluding carboxylic acids is 2. The summed E-state index contributed by atoms with van der Waals surface area (Å²) in [7, 11) is 3.07. The van der Waals surface area contributed by atoms with E-state index < -0.39 is 12.1 Å². The molecule has 1 atom stereocenters. The highest BCUT2D eigenvalue weighted by Gasteiger charge is 2.33. The summed E-state index contributed by atoms with van der Waals surface area (Å²) >= 11 is 0. The molecule has 7 heteroatoms. The second kappa shape index (κ2) is 7.77. The molecule has 1 aliphatic heterocycles. The molecular weight excluding hydrogens is 334 g/mol. The number of rotatable bonds is 5. The Balaban J connectivity index is 1.63.